The van der Waals surface area contributed by atoms with Crippen LogP contribution in [-0.4, -0.2) is 22.7 Å². The Kier molecular flexibility index (Phi) is 3.48. The highest BCUT2D eigenvalue weighted by Gasteiger charge is 2.12. The molecule has 4 nitrogen and oxygen atoms in total. The first kappa shape index (κ1) is 10.5. The van der Waals surface area contributed by atoms with Crippen molar-refractivity contribution in [2.75, 3.05) is 6.61 Å². The molecule has 0 bridgehead atoms. The number of terminal acetylenes is 1. The van der Waals surface area contributed by atoms with Crippen molar-refractivity contribution in [3.05, 3.63) is 22.3 Å². The topological polar surface area (TPSA) is 59.4 Å². The second-order valence-corrected chi connectivity index (χ2v) is 3.22. The van der Waals surface area contributed by atoms with Gasteiger partial charge in [-0.3, -0.25) is 0 Å². The normalized spacial score (nSPS) is 9.14. The van der Waals surface area contributed by atoms with Crippen LogP contribution in [-0.2, 0) is 0 Å². The van der Waals surface area contributed by atoms with Crippen LogP contribution in [0.25, 0.3) is 0 Å². The van der Waals surface area contributed by atoms with Gasteiger partial charge in [-0.1, -0.05) is 5.92 Å². The lowest BCUT2D eigenvalue weighted by Gasteiger charge is -2.04. The quantitative estimate of drug-likeness (QED) is 0.833. The summed E-state index contributed by atoms with van der Waals surface area (Å²) in [6, 6.07) is 1.40. The van der Waals surface area contributed by atoms with E-state index in [9.17, 15) is 4.79 Å². The molecule has 0 aliphatic rings. The Morgan fingerprint density at radius 1 is 1.79 bits per heavy atom. The van der Waals surface area contributed by atoms with Crippen molar-refractivity contribution >= 4 is 21.9 Å². The summed E-state index contributed by atoms with van der Waals surface area (Å²) in [6.07, 6.45) is 6.42. The monoisotopic (exact) mass is 255 g/mol. The summed E-state index contributed by atoms with van der Waals surface area (Å²) < 4.78 is 5.53. The number of aromatic carboxylic acids is 1. The van der Waals surface area contributed by atoms with Crippen LogP contribution >= 0.6 is 15.9 Å². The summed E-state index contributed by atoms with van der Waals surface area (Å²) >= 11 is 3.11. The van der Waals surface area contributed by atoms with Crippen LogP contribution < -0.4 is 4.74 Å². The van der Waals surface area contributed by atoms with E-state index in [2.05, 4.69) is 26.8 Å². The molecule has 0 spiro atoms. The van der Waals surface area contributed by atoms with Gasteiger partial charge in [0, 0.05) is 10.7 Å². The molecular formula is C9H6BrNO3. The Hall–Kier alpha value is -1.54. The molecule has 0 aliphatic carbocycles. The van der Waals surface area contributed by atoms with Crippen molar-refractivity contribution in [1.82, 2.24) is 4.98 Å². The third-order valence-electron chi connectivity index (χ3n) is 1.34. The van der Waals surface area contributed by atoms with Crippen LogP contribution in [0, 0.1) is 12.3 Å². The van der Waals surface area contributed by atoms with E-state index in [0.717, 1.165) is 0 Å². The number of carbonyl (C=O) groups is 1. The van der Waals surface area contributed by atoms with Gasteiger partial charge >= 0.3 is 5.97 Å². The molecule has 0 atom stereocenters. The van der Waals surface area contributed by atoms with E-state index in [1.165, 1.54) is 12.3 Å². The second-order valence-electron chi connectivity index (χ2n) is 2.30. The van der Waals surface area contributed by atoms with E-state index in [4.69, 9.17) is 16.3 Å². The molecular weight excluding hydrogens is 250 g/mol. The average molecular weight is 256 g/mol. The SMILES string of the molecule is C#CCOc1ncc(Br)cc1C(=O)O. The zero-order valence-corrected chi connectivity index (χ0v) is 8.61. The van der Waals surface area contributed by atoms with E-state index in [-0.39, 0.29) is 18.1 Å². The first-order chi connectivity index (χ1) is 6.65. The molecule has 1 aromatic rings. The lowest BCUT2D eigenvalue weighted by Crippen LogP contribution is -2.05. The molecule has 72 valence electrons. The minimum Gasteiger partial charge on any atom is -0.477 e. The number of carboxylic acid groups (broad SMARTS) is 1. The van der Waals surface area contributed by atoms with Gasteiger partial charge in [-0.2, -0.15) is 0 Å². The number of hydrogen-bond acceptors (Lipinski definition) is 3. The summed E-state index contributed by atoms with van der Waals surface area (Å²) in [7, 11) is 0. The zero-order chi connectivity index (χ0) is 10.6. The van der Waals surface area contributed by atoms with E-state index in [1.807, 2.05) is 0 Å². The van der Waals surface area contributed by atoms with E-state index >= 15 is 0 Å². The summed E-state index contributed by atoms with van der Waals surface area (Å²) in [5.74, 6) is 1.15. The van der Waals surface area contributed by atoms with E-state index < -0.39 is 5.97 Å². The second kappa shape index (κ2) is 4.63. The highest BCUT2D eigenvalue weighted by molar-refractivity contribution is 9.10. The van der Waals surface area contributed by atoms with Crippen LogP contribution in [0.2, 0.25) is 0 Å². The summed E-state index contributed by atoms with van der Waals surface area (Å²) in [5.41, 5.74) is -0.0189. The summed E-state index contributed by atoms with van der Waals surface area (Å²) in [6.45, 7) is -0.00505. The number of carboxylic acids is 1. The maximum atomic E-state index is 10.7. The van der Waals surface area contributed by atoms with E-state index in [0.29, 0.717) is 4.47 Å². The molecule has 14 heavy (non-hydrogen) atoms. The highest BCUT2D eigenvalue weighted by Crippen LogP contribution is 2.19. The third kappa shape index (κ3) is 2.47. The molecule has 0 unspecified atom stereocenters. The number of halogens is 1. The molecule has 0 saturated carbocycles. The van der Waals surface area contributed by atoms with Crippen LogP contribution in [0.15, 0.2) is 16.7 Å². The van der Waals surface area contributed by atoms with Crippen LogP contribution in [0.1, 0.15) is 10.4 Å². The van der Waals surface area contributed by atoms with Crippen LogP contribution in [0.5, 0.6) is 5.88 Å². The predicted octanol–water partition coefficient (Wildman–Crippen LogP) is 1.55. The molecule has 1 aromatic heterocycles. The Morgan fingerprint density at radius 3 is 3.07 bits per heavy atom. The summed E-state index contributed by atoms with van der Waals surface area (Å²) in [4.78, 5) is 14.5. The molecule has 0 amide bonds. The molecule has 0 saturated heterocycles. The number of nitrogens with zero attached hydrogens (tertiary/aromatic N) is 1. The van der Waals surface area contributed by atoms with Crippen molar-refractivity contribution in [3.8, 4) is 18.2 Å². The first-order valence-corrected chi connectivity index (χ1v) is 4.39. The van der Waals surface area contributed by atoms with Crippen molar-refractivity contribution < 1.29 is 14.6 Å². The number of hydrogen-bond donors (Lipinski definition) is 1. The van der Waals surface area contributed by atoms with Gasteiger partial charge in [0.05, 0.1) is 0 Å². The van der Waals surface area contributed by atoms with Gasteiger partial charge in [-0.25, -0.2) is 9.78 Å². The lowest BCUT2D eigenvalue weighted by molar-refractivity contribution is 0.0692. The molecule has 1 N–H and O–H groups in total. The predicted molar refractivity (Wildman–Crippen MR) is 53.2 cm³/mol. The van der Waals surface area contributed by atoms with Gasteiger partial charge in [0.1, 0.15) is 5.56 Å². The zero-order valence-electron chi connectivity index (χ0n) is 7.03. The van der Waals surface area contributed by atoms with Crippen molar-refractivity contribution in [2.45, 2.75) is 0 Å². The molecule has 5 heteroatoms. The largest absolute Gasteiger partial charge is 0.477 e. The Balaban J connectivity index is 3.03. The fraction of sp³-hybridized carbons (Fsp3) is 0.111. The fourth-order valence-corrected chi connectivity index (χ4v) is 1.14. The first-order valence-electron chi connectivity index (χ1n) is 3.60. The molecule has 0 aliphatic heterocycles. The Morgan fingerprint density at radius 2 is 2.50 bits per heavy atom. The maximum Gasteiger partial charge on any atom is 0.341 e. The van der Waals surface area contributed by atoms with Gasteiger partial charge in [-0.15, -0.1) is 6.42 Å². The van der Waals surface area contributed by atoms with Gasteiger partial charge in [0.15, 0.2) is 6.61 Å². The maximum absolute atomic E-state index is 10.7. The average Bonchev–Trinajstić information content (AvgIpc) is 2.15. The minimum atomic E-state index is -1.11. The molecule has 0 aromatic carbocycles. The van der Waals surface area contributed by atoms with Gasteiger partial charge in [-0.05, 0) is 22.0 Å². The smallest absolute Gasteiger partial charge is 0.341 e. The number of aromatic nitrogens is 1. The molecule has 0 radical (unpaired) electrons. The molecule has 0 fully saturated rings. The number of pyridine rings is 1. The fourth-order valence-electron chi connectivity index (χ4n) is 0.805. The van der Waals surface area contributed by atoms with Gasteiger partial charge < -0.3 is 9.84 Å². The third-order valence-corrected chi connectivity index (χ3v) is 1.77. The highest BCUT2D eigenvalue weighted by atomic mass is 79.9. The Labute approximate surface area is 89.0 Å². The van der Waals surface area contributed by atoms with Crippen molar-refractivity contribution in [2.24, 2.45) is 0 Å². The standard InChI is InChI=1S/C9H6BrNO3/c1-2-3-14-8-7(9(12)13)4-6(10)5-11-8/h1,4-5H,3H2,(H,12,13). The van der Waals surface area contributed by atoms with Crippen LogP contribution in [0.3, 0.4) is 0 Å². The van der Waals surface area contributed by atoms with Gasteiger partial charge in [0.25, 0.3) is 0 Å². The Bertz CT molecular complexity index is 398. The molecule has 1 heterocycles. The van der Waals surface area contributed by atoms with Gasteiger partial charge in [0.2, 0.25) is 5.88 Å². The van der Waals surface area contributed by atoms with Crippen molar-refractivity contribution in [1.29, 1.82) is 0 Å². The number of rotatable bonds is 3. The van der Waals surface area contributed by atoms with Crippen LogP contribution in [0.4, 0.5) is 0 Å². The number of ether oxygens (including phenoxy) is 1. The minimum absolute atomic E-state index is 0.00505. The van der Waals surface area contributed by atoms with Crippen molar-refractivity contribution in [3.63, 3.8) is 0 Å². The summed E-state index contributed by atoms with van der Waals surface area (Å²) in [5, 5.41) is 8.80. The lowest BCUT2D eigenvalue weighted by atomic mass is 10.3. The molecule has 1 rings (SSSR count). The van der Waals surface area contributed by atoms with E-state index in [1.54, 1.807) is 0 Å².